The van der Waals surface area contributed by atoms with Crippen LogP contribution in [0.25, 0.3) is 11.3 Å². The lowest BCUT2D eigenvalue weighted by atomic mass is 10.0. The molecule has 3 aromatic rings. The van der Waals surface area contributed by atoms with E-state index in [0.29, 0.717) is 5.82 Å². The molecule has 98 valence electrons. The molecule has 0 spiro atoms. The zero-order valence-corrected chi connectivity index (χ0v) is 11.2. The van der Waals surface area contributed by atoms with Gasteiger partial charge in [0.25, 0.3) is 0 Å². The number of benzene rings is 2. The molecule has 0 unspecified atom stereocenters. The van der Waals surface area contributed by atoms with E-state index < -0.39 is 0 Å². The Bertz CT molecular complexity index is 688. The smallest absolute Gasteiger partial charge is 0.124 e. The molecule has 0 saturated heterocycles. The second-order valence-electron chi connectivity index (χ2n) is 4.81. The summed E-state index contributed by atoms with van der Waals surface area (Å²) in [5, 5.41) is 0. The molecule has 20 heavy (non-hydrogen) atoms. The molecule has 0 aliphatic carbocycles. The molecule has 2 N–H and O–H groups in total. The van der Waals surface area contributed by atoms with Crippen LogP contribution < -0.4 is 5.73 Å². The van der Waals surface area contributed by atoms with Crippen molar-refractivity contribution >= 4 is 5.82 Å². The number of hydrogen-bond acceptors (Lipinski definition) is 2. The number of nitrogens with two attached hydrogens (primary N) is 1. The maximum atomic E-state index is 5.72. The molecule has 0 saturated carbocycles. The maximum Gasteiger partial charge on any atom is 0.124 e. The van der Waals surface area contributed by atoms with E-state index in [9.17, 15) is 0 Å². The quantitative estimate of drug-likeness (QED) is 0.775. The van der Waals surface area contributed by atoms with Gasteiger partial charge < -0.3 is 5.73 Å². The van der Waals surface area contributed by atoms with Gasteiger partial charge in [-0.25, -0.2) is 4.98 Å². The largest absolute Gasteiger partial charge is 0.384 e. The highest BCUT2D eigenvalue weighted by Crippen LogP contribution is 2.19. The third-order valence-corrected chi connectivity index (χ3v) is 3.27. The van der Waals surface area contributed by atoms with Gasteiger partial charge in [-0.1, -0.05) is 60.7 Å². The number of anilines is 1. The minimum atomic E-state index is 0.552. The van der Waals surface area contributed by atoms with Gasteiger partial charge in [0.15, 0.2) is 0 Å². The molecular weight excluding hydrogens is 244 g/mol. The number of hydrogen-bond donors (Lipinski definition) is 1. The maximum absolute atomic E-state index is 5.72. The van der Waals surface area contributed by atoms with Crippen molar-refractivity contribution in [1.29, 1.82) is 0 Å². The summed E-state index contributed by atoms with van der Waals surface area (Å²) in [6, 6.07) is 24.7. The van der Waals surface area contributed by atoms with E-state index in [1.165, 1.54) is 11.1 Å². The van der Waals surface area contributed by atoms with Crippen molar-refractivity contribution in [3.8, 4) is 11.3 Å². The highest BCUT2D eigenvalue weighted by Gasteiger charge is 2.01. The number of rotatable bonds is 3. The minimum absolute atomic E-state index is 0.552. The fourth-order valence-electron chi connectivity index (χ4n) is 2.24. The van der Waals surface area contributed by atoms with Crippen molar-refractivity contribution < 1.29 is 0 Å². The highest BCUT2D eigenvalue weighted by atomic mass is 14.8. The molecule has 1 aromatic heterocycles. The van der Waals surface area contributed by atoms with Crippen molar-refractivity contribution in [3.63, 3.8) is 0 Å². The van der Waals surface area contributed by atoms with Gasteiger partial charge in [-0.3, -0.25) is 0 Å². The first-order valence-corrected chi connectivity index (χ1v) is 6.67. The van der Waals surface area contributed by atoms with Gasteiger partial charge in [-0.05, 0) is 29.7 Å². The topological polar surface area (TPSA) is 38.9 Å². The van der Waals surface area contributed by atoms with E-state index in [1.807, 2.05) is 18.2 Å². The van der Waals surface area contributed by atoms with E-state index in [1.54, 1.807) is 6.07 Å². The summed E-state index contributed by atoms with van der Waals surface area (Å²) in [5.41, 5.74) is 10.3. The summed E-state index contributed by atoms with van der Waals surface area (Å²) >= 11 is 0. The van der Waals surface area contributed by atoms with Crippen LogP contribution in [-0.4, -0.2) is 4.98 Å². The molecule has 2 heteroatoms. The van der Waals surface area contributed by atoms with E-state index in [-0.39, 0.29) is 0 Å². The Morgan fingerprint density at radius 1 is 0.700 bits per heavy atom. The Hall–Kier alpha value is -2.61. The number of pyridine rings is 1. The van der Waals surface area contributed by atoms with Gasteiger partial charge >= 0.3 is 0 Å². The van der Waals surface area contributed by atoms with E-state index in [0.717, 1.165) is 17.7 Å². The predicted molar refractivity (Wildman–Crippen MR) is 83.3 cm³/mol. The molecule has 0 atom stereocenters. The highest BCUT2D eigenvalue weighted by molar-refractivity contribution is 5.61. The first-order valence-electron chi connectivity index (χ1n) is 6.67. The molecule has 0 aliphatic rings. The van der Waals surface area contributed by atoms with Crippen LogP contribution in [0, 0.1) is 0 Å². The zero-order valence-electron chi connectivity index (χ0n) is 11.2. The van der Waals surface area contributed by atoms with Gasteiger partial charge in [0.2, 0.25) is 0 Å². The summed E-state index contributed by atoms with van der Waals surface area (Å²) in [4.78, 5) is 4.33. The van der Waals surface area contributed by atoms with E-state index >= 15 is 0 Å². The van der Waals surface area contributed by atoms with Crippen molar-refractivity contribution in [3.05, 3.63) is 83.9 Å². The molecule has 2 nitrogen and oxygen atoms in total. The molecule has 0 amide bonds. The fourth-order valence-corrected chi connectivity index (χ4v) is 2.24. The lowest BCUT2D eigenvalue weighted by Gasteiger charge is -2.05. The first-order chi connectivity index (χ1) is 9.81. The minimum Gasteiger partial charge on any atom is -0.384 e. The summed E-state index contributed by atoms with van der Waals surface area (Å²) in [7, 11) is 0. The predicted octanol–water partition coefficient (Wildman–Crippen LogP) is 3.92. The molecule has 0 radical (unpaired) electrons. The average Bonchev–Trinajstić information content (AvgIpc) is 2.49. The second kappa shape index (κ2) is 5.57. The average molecular weight is 260 g/mol. The lowest BCUT2D eigenvalue weighted by molar-refractivity contribution is 1.19. The lowest BCUT2D eigenvalue weighted by Crippen LogP contribution is -1.92. The fraction of sp³-hybridized carbons (Fsp3) is 0.0556. The van der Waals surface area contributed by atoms with Crippen molar-refractivity contribution in [2.75, 3.05) is 5.73 Å². The Morgan fingerprint density at radius 2 is 1.40 bits per heavy atom. The zero-order chi connectivity index (χ0) is 13.8. The number of nitrogen functional groups attached to an aromatic ring is 1. The van der Waals surface area contributed by atoms with Crippen molar-refractivity contribution in [2.24, 2.45) is 0 Å². The molecular formula is C18H16N2. The van der Waals surface area contributed by atoms with Gasteiger partial charge in [0.05, 0.1) is 5.69 Å². The van der Waals surface area contributed by atoms with Gasteiger partial charge in [0.1, 0.15) is 5.82 Å². The van der Waals surface area contributed by atoms with Crippen LogP contribution in [0.1, 0.15) is 11.1 Å². The van der Waals surface area contributed by atoms with Crippen LogP contribution in [0.3, 0.4) is 0 Å². The molecule has 0 bridgehead atoms. The van der Waals surface area contributed by atoms with Gasteiger partial charge in [-0.2, -0.15) is 0 Å². The molecule has 1 heterocycles. The SMILES string of the molecule is Nc1cccc(-c2ccc(Cc3ccccc3)cc2)n1. The van der Waals surface area contributed by atoms with Crippen LogP contribution in [0.2, 0.25) is 0 Å². The van der Waals surface area contributed by atoms with Crippen LogP contribution in [0.4, 0.5) is 5.82 Å². The third kappa shape index (κ3) is 2.86. The van der Waals surface area contributed by atoms with E-state index in [2.05, 4.69) is 53.5 Å². The summed E-state index contributed by atoms with van der Waals surface area (Å²) in [6.45, 7) is 0. The summed E-state index contributed by atoms with van der Waals surface area (Å²) in [5.74, 6) is 0.552. The summed E-state index contributed by atoms with van der Waals surface area (Å²) < 4.78 is 0. The number of nitrogens with zero attached hydrogens (tertiary/aromatic N) is 1. The Morgan fingerprint density at radius 3 is 2.10 bits per heavy atom. The summed E-state index contributed by atoms with van der Waals surface area (Å²) in [6.07, 6.45) is 0.950. The van der Waals surface area contributed by atoms with Gasteiger partial charge in [0, 0.05) is 5.56 Å². The second-order valence-corrected chi connectivity index (χ2v) is 4.81. The van der Waals surface area contributed by atoms with Crippen molar-refractivity contribution in [1.82, 2.24) is 4.98 Å². The van der Waals surface area contributed by atoms with Gasteiger partial charge in [-0.15, -0.1) is 0 Å². The van der Waals surface area contributed by atoms with E-state index in [4.69, 9.17) is 5.73 Å². The van der Waals surface area contributed by atoms with Crippen molar-refractivity contribution in [2.45, 2.75) is 6.42 Å². The molecule has 0 aliphatic heterocycles. The first kappa shape index (κ1) is 12.4. The number of aromatic nitrogens is 1. The standard InChI is InChI=1S/C18H16N2/c19-18-8-4-7-17(20-18)16-11-9-15(10-12-16)13-14-5-2-1-3-6-14/h1-12H,13H2,(H2,19,20). The van der Waals surface area contributed by atoms with Crippen LogP contribution in [-0.2, 0) is 6.42 Å². The monoisotopic (exact) mass is 260 g/mol. The van der Waals surface area contributed by atoms with Crippen LogP contribution >= 0.6 is 0 Å². The Labute approximate surface area is 118 Å². The Balaban J connectivity index is 1.81. The van der Waals surface area contributed by atoms with Crippen LogP contribution in [0.5, 0.6) is 0 Å². The Kier molecular flexibility index (Phi) is 3.46. The third-order valence-electron chi connectivity index (χ3n) is 3.27. The molecule has 2 aromatic carbocycles. The molecule has 3 rings (SSSR count). The molecule has 0 fully saturated rings. The normalized spacial score (nSPS) is 10.4. The van der Waals surface area contributed by atoms with Crippen LogP contribution in [0.15, 0.2) is 72.8 Å².